The Labute approximate surface area is 119 Å². The van der Waals surface area contributed by atoms with Crippen LogP contribution >= 0.6 is 15.9 Å². The molecule has 0 bridgehead atoms. The lowest BCUT2D eigenvalue weighted by atomic mass is 10.1. The highest BCUT2D eigenvalue weighted by atomic mass is 79.9. The van der Waals surface area contributed by atoms with E-state index >= 15 is 0 Å². The summed E-state index contributed by atoms with van der Waals surface area (Å²) in [5, 5.41) is 9.37. The molecule has 6 heteroatoms. The number of hydrogen-bond acceptors (Lipinski definition) is 3. The van der Waals surface area contributed by atoms with Gasteiger partial charge in [-0.25, -0.2) is 4.39 Å². The average Bonchev–Trinajstić information content (AvgIpc) is 2.38. The number of aliphatic hydroxyl groups is 1. The van der Waals surface area contributed by atoms with Crippen LogP contribution in [0.2, 0.25) is 0 Å². The maximum Gasteiger partial charge on any atom is 0.260 e. The maximum atomic E-state index is 12.9. The topological polar surface area (TPSA) is 49.8 Å². The van der Waals surface area contributed by atoms with Gasteiger partial charge >= 0.3 is 0 Å². The normalized spacial score (nSPS) is 16.5. The quantitative estimate of drug-likeness (QED) is 0.921. The van der Waals surface area contributed by atoms with Gasteiger partial charge in [-0.05, 0) is 47.0 Å². The van der Waals surface area contributed by atoms with Crippen molar-refractivity contribution in [3.05, 3.63) is 28.5 Å². The van der Waals surface area contributed by atoms with Crippen molar-refractivity contribution < 1.29 is 19.0 Å². The molecule has 0 aromatic heterocycles. The van der Waals surface area contributed by atoms with Crippen molar-refractivity contribution in [1.29, 1.82) is 0 Å². The van der Waals surface area contributed by atoms with Crippen LogP contribution in [0.15, 0.2) is 22.7 Å². The van der Waals surface area contributed by atoms with Crippen molar-refractivity contribution in [2.75, 3.05) is 19.7 Å². The molecule has 19 heavy (non-hydrogen) atoms. The molecule has 1 heterocycles. The SMILES string of the molecule is O=C(COc1ccc(F)cc1Br)N1CCC(O)CC1. The predicted molar refractivity (Wildman–Crippen MR) is 71.4 cm³/mol. The molecule has 0 saturated carbocycles. The summed E-state index contributed by atoms with van der Waals surface area (Å²) in [6.45, 7) is 1.02. The second kappa shape index (κ2) is 6.34. The number of aliphatic hydroxyl groups excluding tert-OH is 1. The van der Waals surface area contributed by atoms with Crippen molar-refractivity contribution >= 4 is 21.8 Å². The molecule has 1 saturated heterocycles. The van der Waals surface area contributed by atoms with E-state index in [9.17, 15) is 14.3 Å². The maximum absolute atomic E-state index is 12.9. The van der Waals surface area contributed by atoms with Crippen LogP contribution in [-0.2, 0) is 4.79 Å². The molecule has 4 nitrogen and oxygen atoms in total. The Morgan fingerprint density at radius 1 is 1.47 bits per heavy atom. The van der Waals surface area contributed by atoms with E-state index in [1.54, 1.807) is 4.90 Å². The highest BCUT2D eigenvalue weighted by molar-refractivity contribution is 9.10. The van der Waals surface area contributed by atoms with Gasteiger partial charge in [0.05, 0.1) is 10.6 Å². The van der Waals surface area contributed by atoms with E-state index in [-0.39, 0.29) is 24.4 Å². The molecule has 0 aliphatic carbocycles. The van der Waals surface area contributed by atoms with Gasteiger partial charge in [-0.1, -0.05) is 0 Å². The molecular formula is C13H15BrFNO3. The zero-order valence-corrected chi connectivity index (χ0v) is 11.9. The van der Waals surface area contributed by atoms with Gasteiger partial charge < -0.3 is 14.7 Å². The first-order valence-corrected chi connectivity index (χ1v) is 6.89. The second-order valence-electron chi connectivity index (χ2n) is 4.48. The molecule has 1 N–H and O–H groups in total. The number of carbonyl (C=O) groups excluding carboxylic acids is 1. The summed E-state index contributed by atoms with van der Waals surface area (Å²) in [5.41, 5.74) is 0. The smallest absolute Gasteiger partial charge is 0.260 e. The highest BCUT2D eigenvalue weighted by Crippen LogP contribution is 2.25. The third-order valence-electron chi connectivity index (χ3n) is 3.06. The monoisotopic (exact) mass is 331 g/mol. The van der Waals surface area contributed by atoms with Gasteiger partial charge in [0.2, 0.25) is 0 Å². The molecule has 2 rings (SSSR count). The molecule has 0 unspecified atom stereocenters. The highest BCUT2D eigenvalue weighted by Gasteiger charge is 2.21. The fraction of sp³-hybridized carbons (Fsp3) is 0.462. The molecule has 1 fully saturated rings. The molecule has 1 aliphatic heterocycles. The van der Waals surface area contributed by atoms with Crippen molar-refractivity contribution in [3.8, 4) is 5.75 Å². The summed E-state index contributed by atoms with van der Waals surface area (Å²) in [6.07, 6.45) is 0.897. The Hall–Kier alpha value is -1.14. The van der Waals surface area contributed by atoms with Crippen LogP contribution in [0.3, 0.4) is 0 Å². The van der Waals surface area contributed by atoms with Gasteiger partial charge in [0.1, 0.15) is 11.6 Å². The Kier molecular flexibility index (Phi) is 4.76. The number of piperidine rings is 1. The first-order chi connectivity index (χ1) is 9.06. The molecule has 1 aliphatic rings. The summed E-state index contributed by atoms with van der Waals surface area (Å²) in [6, 6.07) is 4.05. The summed E-state index contributed by atoms with van der Waals surface area (Å²) < 4.78 is 18.7. The minimum atomic E-state index is -0.365. The number of halogens is 2. The molecule has 1 aromatic carbocycles. The summed E-state index contributed by atoms with van der Waals surface area (Å²) in [4.78, 5) is 13.6. The minimum Gasteiger partial charge on any atom is -0.483 e. The molecule has 0 atom stereocenters. The third kappa shape index (κ3) is 3.91. The van der Waals surface area contributed by atoms with E-state index < -0.39 is 0 Å². The first-order valence-electron chi connectivity index (χ1n) is 6.10. The lowest BCUT2D eigenvalue weighted by Gasteiger charge is -2.29. The number of carbonyl (C=O) groups is 1. The van der Waals surface area contributed by atoms with Crippen LogP contribution in [0.5, 0.6) is 5.75 Å². The van der Waals surface area contributed by atoms with Gasteiger partial charge in [0.25, 0.3) is 5.91 Å². The fourth-order valence-electron chi connectivity index (χ4n) is 1.94. The van der Waals surface area contributed by atoms with Crippen LogP contribution in [0.4, 0.5) is 4.39 Å². The molecule has 104 valence electrons. The Morgan fingerprint density at radius 3 is 2.79 bits per heavy atom. The van der Waals surface area contributed by atoms with Gasteiger partial charge in [-0.3, -0.25) is 4.79 Å². The number of hydrogen-bond donors (Lipinski definition) is 1. The van der Waals surface area contributed by atoms with E-state index in [0.29, 0.717) is 36.2 Å². The van der Waals surface area contributed by atoms with Gasteiger partial charge in [-0.15, -0.1) is 0 Å². The first kappa shape index (κ1) is 14.3. The molecule has 1 amide bonds. The van der Waals surface area contributed by atoms with Crippen LogP contribution in [0, 0.1) is 5.82 Å². The van der Waals surface area contributed by atoms with Crippen LogP contribution in [0.25, 0.3) is 0 Å². The lowest BCUT2D eigenvalue weighted by molar-refractivity contribution is -0.135. The molecule has 0 spiro atoms. The van der Waals surface area contributed by atoms with Crippen LogP contribution in [-0.4, -0.2) is 41.7 Å². The largest absolute Gasteiger partial charge is 0.483 e. The minimum absolute atomic E-state index is 0.0830. The number of amides is 1. The van der Waals surface area contributed by atoms with E-state index in [2.05, 4.69) is 15.9 Å². The fourth-order valence-corrected chi connectivity index (χ4v) is 2.40. The second-order valence-corrected chi connectivity index (χ2v) is 5.33. The number of nitrogens with zero attached hydrogens (tertiary/aromatic N) is 1. The van der Waals surface area contributed by atoms with Gasteiger partial charge in [0.15, 0.2) is 6.61 Å². The zero-order valence-electron chi connectivity index (χ0n) is 10.3. The molecule has 1 aromatic rings. The van der Waals surface area contributed by atoms with Crippen LogP contribution in [0.1, 0.15) is 12.8 Å². The number of likely N-dealkylation sites (tertiary alicyclic amines) is 1. The number of rotatable bonds is 3. The zero-order chi connectivity index (χ0) is 13.8. The Balaban J connectivity index is 1.86. The molecule has 0 radical (unpaired) electrons. The van der Waals surface area contributed by atoms with Crippen molar-refractivity contribution in [2.24, 2.45) is 0 Å². The van der Waals surface area contributed by atoms with Crippen LogP contribution < -0.4 is 4.74 Å². The summed E-state index contributed by atoms with van der Waals surface area (Å²) in [7, 11) is 0. The van der Waals surface area contributed by atoms with E-state index in [1.165, 1.54) is 18.2 Å². The van der Waals surface area contributed by atoms with Gasteiger partial charge in [-0.2, -0.15) is 0 Å². The standard InChI is InChI=1S/C13H15BrFNO3/c14-11-7-9(15)1-2-12(11)19-8-13(18)16-5-3-10(17)4-6-16/h1-2,7,10,17H,3-6,8H2. The third-order valence-corrected chi connectivity index (χ3v) is 3.68. The van der Waals surface area contributed by atoms with E-state index in [0.717, 1.165) is 0 Å². The van der Waals surface area contributed by atoms with E-state index in [1.807, 2.05) is 0 Å². The average molecular weight is 332 g/mol. The summed E-state index contributed by atoms with van der Waals surface area (Å²) >= 11 is 3.18. The van der Waals surface area contributed by atoms with E-state index in [4.69, 9.17) is 4.74 Å². The summed E-state index contributed by atoms with van der Waals surface area (Å²) in [5.74, 6) is -0.0505. The lowest BCUT2D eigenvalue weighted by Crippen LogP contribution is -2.42. The van der Waals surface area contributed by atoms with Gasteiger partial charge in [0, 0.05) is 13.1 Å². The number of benzene rings is 1. The Morgan fingerprint density at radius 2 is 2.16 bits per heavy atom. The molecular weight excluding hydrogens is 317 g/mol. The van der Waals surface area contributed by atoms with Crippen molar-refractivity contribution in [1.82, 2.24) is 4.90 Å². The Bertz CT molecular complexity index is 461. The van der Waals surface area contributed by atoms with Crippen molar-refractivity contribution in [2.45, 2.75) is 18.9 Å². The number of ether oxygens (including phenoxy) is 1. The van der Waals surface area contributed by atoms with Crippen molar-refractivity contribution in [3.63, 3.8) is 0 Å². The predicted octanol–water partition coefficient (Wildman–Crippen LogP) is 1.95.